The molecule has 1 aliphatic rings. The molecule has 1 aliphatic carbocycles. The van der Waals surface area contributed by atoms with Crippen LogP contribution in [0.4, 0.5) is 5.69 Å². The summed E-state index contributed by atoms with van der Waals surface area (Å²) in [4.78, 5) is 13.7. The van der Waals surface area contributed by atoms with Crippen LogP contribution in [0.5, 0.6) is 0 Å². The Hall–Kier alpha value is -1.31. The minimum atomic E-state index is 0.218. The summed E-state index contributed by atoms with van der Waals surface area (Å²) in [5, 5.41) is 0. The van der Waals surface area contributed by atoms with Gasteiger partial charge in [-0.1, -0.05) is 25.1 Å². The summed E-state index contributed by atoms with van der Waals surface area (Å²) in [5.41, 5.74) is 2.44. The van der Waals surface area contributed by atoms with Crippen molar-refractivity contribution in [1.82, 2.24) is 0 Å². The Morgan fingerprint density at radius 1 is 1.38 bits per heavy atom. The van der Waals surface area contributed by atoms with Crippen molar-refractivity contribution < 1.29 is 4.79 Å². The van der Waals surface area contributed by atoms with Gasteiger partial charge in [0.2, 0.25) is 5.91 Å². The van der Waals surface area contributed by atoms with E-state index >= 15 is 0 Å². The predicted octanol–water partition coefficient (Wildman–Crippen LogP) is 3.33. The summed E-state index contributed by atoms with van der Waals surface area (Å²) in [6.45, 7) is 2.04. The molecule has 0 saturated heterocycles. The van der Waals surface area contributed by atoms with E-state index in [0.29, 0.717) is 12.3 Å². The van der Waals surface area contributed by atoms with Gasteiger partial charge in [0.15, 0.2) is 0 Å². The standard InChI is InChI=1S/C14H19NO/c1-3-6-14(16)15(2)13-8-5-4-7-12(13)11-9-10-11/h4-5,7-8,11H,3,6,9-10H2,1-2H3. The first kappa shape index (κ1) is 11.2. The molecule has 0 radical (unpaired) electrons. The van der Waals surface area contributed by atoms with Crippen LogP contribution in [0, 0.1) is 0 Å². The van der Waals surface area contributed by atoms with Gasteiger partial charge >= 0.3 is 0 Å². The topological polar surface area (TPSA) is 20.3 Å². The Morgan fingerprint density at radius 3 is 2.69 bits per heavy atom. The zero-order chi connectivity index (χ0) is 11.5. The van der Waals surface area contributed by atoms with Crippen LogP contribution >= 0.6 is 0 Å². The summed E-state index contributed by atoms with van der Waals surface area (Å²) in [7, 11) is 1.89. The number of carbonyl (C=O) groups is 1. The fourth-order valence-electron chi connectivity index (χ4n) is 2.05. The lowest BCUT2D eigenvalue weighted by Gasteiger charge is -2.20. The Labute approximate surface area is 97.3 Å². The number of anilines is 1. The van der Waals surface area contributed by atoms with Crippen LogP contribution in [0.2, 0.25) is 0 Å². The van der Waals surface area contributed by atoms with E-state index in [1.807, 2.05) is 24.9 Å². The number of hydrogen-bond donors (Lipinski definition) is 0. The van der Waals surface area contributed by atoms with Crippen molar-refractivity contribution in [2.24, 2.45) is 0 Å². The number of amides is 1. The van der Waals surface area contributed by atoms with Gasteiger partial charge in [-0.2, -0.15) is 0 Å². The van der Waals surface area contributed by atoms with E-state index < -0.39 is 0 Å². The minimum Gasteiger partial charge on any atom is -0.315 e. The molecule has 1 aromatic rings. The molecule has 0 aromatic heterocycles. The van der Waals surface area contributed by atoms with Gasteiger partial charge in [0.25, 0.3) is 0 Å². The van der Waals surface area contributed by atoms with Crippen LogP contribution in [-0.4, -0.2) is 13.0 Å². The van der Waals surface area contributed by atoms with Crippen LogP contribution in [-0.2, 0) is 4.79 Å². The number of carbonyl (C=O) groups excluding carboxylic acids is 1. The van der Waals surface area contributed by atoms with Crippen LogP contribution < -0.4 is 4.90 Å². The highest BCUT2D eigenvalue weighted by molar-refractivity contribution is 5.93. The van der Waals surface area contributed by atoms with Gasteiger partial charge in [0.1, 0.15) is 0 Å². The largest absolute Gasteiger partial charge is 0.315 e. The molecule has 0 unspecified atom stereocenters. The third-order valence-electron chi connectivity index (χ3n) is 3.15. The summed E-state index contributed by atoms with van der Waals surface area (Å²) in [6.07, 6.45) is 4.09. The second-order valence-corrected chi connectivity index (χ2v) is 4.54. The molecule has 0 aliphatic heterocycles. The molecule has 1 saturated carbocycles. The lowest BCUT2D eigenvalue weighted by Crippen LogP contribution is -2.26. The zero-order valence-corrected chi connectivity index (χ0v) is 10.1. The van der Waals surface area contributed by atoms with Gasteiger partial charge in [-0.05, 0) is 36.8 Å². The van der Waals surface area contributed by atoms with E-state index in [0.717, 1.165) is 12.1 Å². The average molecular weight is 217 g/mol. The maximum Gasteiger partial charge on any atom is 0.226 e. The molecule has 86 valence electrons. The van der Waals surface area contributed by atoms with Crippen LogP contribution in [0.25, 0.3) is 0 Å². The van der Waals surface area contributed by atoms with Gasteiger partial charge < -0.3 is 4.90 Å². The van der Waals surface area contributed by atoms with Crippen molar-refractivity contribution in [2.45, 2.75) is 38.5 Å². The van der Waals surface area contributed by atoms with Gasteiger partial charge in [-0.15, -0.1) is 0 Å². The fraction of sp³-hybridized carbons (Fsp3) is 0.500. The van der Waals surface area contributed by atoms with Crippen molar-refractivity contribution in [3.05, 3.63) is 29.8 Å². The molecule has 0 N–H and O–H groups in total. The molecule has 2 heteroatoms. The highest BCUT2D eigenvalue weighted by atomic mass is 16.2. The monoisotopic (exact) mass is 217 g/mol. The zero-order valence-electron chi connectivity index (χ0n) is 10.1. The second-order valence-electron chi connectivity index (χ2n) is 4.54. The van der Waals surface area contributed by atoms with E-state index in [4.69, 9.17) is 0 Å². The summed E-state index contributed by atoms with van der Waals surface area (Å²) < 4.78 is 0. The van der Waals surface area contributed by atoms with Crippen LogP contribution in [0.15, 0.2) is 24.3 Å². The molecule has 0 atom stereocenters. The first-order chi connectivity index (χ1) is 7.74. The first-order valence-corrected chi connectivity index (χ1v) is 6.09. The van der Waals surface area contributed by atoms with Gasteiger partial charge in [-0.3, -0.25) is 4.79 Å². The van der Waals surface area contributed by atoms with Gasteiger partial charge in [0.05, 0.1) is 0 Å². The molecule has 0 heterocycles. The second kappa shape index (κ2) is 4.69. The smallest absolute Gasteiger partial charge is 0.226 e. The lowest BCUT2D eigenvalue weighted by atomic mass is 10.1. The van der Waals surface area contributed by atoms with Gasteiger partial charge in [-0.25, -0.2) is 0 Å². The van der Waals surface area contributed by atoms with Gasteiger partial charge in [0, 0.05) is 19.2 Å². The molecule has 16 heavy (non-hydrogen) atoms. The van der Waals surface area contributed by atoms with E-state index in [9.17, 15) is 4.79 Å². The summed E-state index contributed by atoms with van der Waals surface area (Å²) in [6, 6.07) is 8.29. The predicted molar refractivity (Wildman–Crippen MR) is 66.7 cm³/mol. The van der Waals surface area contributed by atoms with Crippen LogP contribution in [0.1, 0.15) is 44.1 Å². The molecular formula is C14H19NO. The normalized spacial score (nSPS) is 14.9. The third-order valence-corrected chi connectivity index (χ3v) is 3.15. The Kier molecular flexibility index (Phi) is 3.28. The molecule has 2 rings (SSSR count). The Bertz CT molecular complexity index is 382. The number of para-hydroxylation sites is 1. The number of benzene rings is 1. The first-order valence-electron chi connectivity index (χ1n) is 6.09. The number of nitrogens with zero attached hydrogens (tertiary/aromatic N) is 1. The van der Waals surface area contributed by atoms with E-state index in [-0.39, 0.29) is 5.91 Å². The SMILES string of the molecule is CCCC(=O)N(C)c1ccccc1C1CC1. The quantitative estimate of drug-likeness (QED) is 0.757. The van der Waals surface area contributed by atoms with Crippen LogP contribution in [0.3, 0.4) is 0 Å². The summed E-state index contributed by atoms with van der Waals surface area (Å²) >= 11 is 0. The minimum absolute atomic E-state index is 0.218. The maximum absolute atomic E-state index is 11.9. The van der Waals surface area contributed by atoms with Crippen molar-refractivity contribution >= 4 is 11.6 Å². The van der Waals surface area contributed by atoms with E-state index in [1.54, 1.807) is 0 Å². The third kappa shape index (κ3) is 2.26. The van der Waals surface area contributed by atoms with Crippen molar-refractivity contribution in [3.8, 4) is 0 Å². The van der Waals surface area contributed by atoms with E-state index in [1.165, 1.54) is 18.4 Å². The average Bonchev–Trinajstić information content (AvgIpc) is 3.12. The highest BCUT2D eigenvalue weighted by Gasteiger charge is 2.27. The Balaban J connectivity index is 2.21. The maximum atomic E-state index is 11.9. The molecular weight excluding hydrogens is 198 g/mol. The number of hydrogen-bond acceptors (Lipinski definition) is 1. The molecule has 2 nitrogen and oxygen atoms in total. The summed E-state index contributed by atoms with van der Waals surface area (Å²) in [5.74, 6) is 0.906. The van der Waals surface area contributed by atoms with Crippen molar-refractivity contribution in [2.75, 3.05) is 11.9 Å². The Morgan fingerprint density at radius 2 is 2.06 bits per heavy atom. The molecule has 0 spiro atoms. The van der Waals surface area contributed by atoms with E-state index in [2.05, 4.69) is 18.2 Å². The molecule has 1 fully saturated rings. The lowest BCUT2D eigenvalue weighted by molar-refractivity contribution is -0.118. The van der Waals surface area contributed by atoms with Crippen molar-refractivity contribution in [3.63, 3.8) is 0 Å². The highest BCUT2D eigenvalue weighted by Crippen LogP contribution is 2.44. The molecule has 0 bridgehead atoms. The number of rotatable bonds is 4. The fourth-order valence-corrected chi connectivity index (χ4v) is 2.05. The molecule has 1 aromatic carbocycles. The van der Waals surface area contributed by atoms with Crippen molar-refractivity contribution in [1.29, 1.82) is 0 Å². The molecule has 1 amide bonds.